The molecule has 0 spiro atoms. The van der Waals surface area contributed by atoms with Crippen LogP contribution in [0.2, 0.25) is 0 Å². The molecule has 2 heterocycles. The van der Waals surface area contributed by atoms with E-state index in [1.165, 1.54) is 0 Å². The Hall–Kier alpha value is -1.79. The van der Waals surface area contributed by atoms with Crippen LogP contribution in [0.4, 0.5) is 4.79 Å². The minimum absolute atomic E-state index is 0.194. The van der Waals surface area contributed by atoms with Crippen molar-refractivity contribution in [2.24, 2.45) is 0 Å². The van der Waals surface area contributed by atoms with E-state index in [2.05, 4.69) is 4.90 Å². The largest absolute Gasteiger partial charge is 0.497 e. The summed E-state index contributed by atoms with van der Waals surface area (Å²) in [4.78, 5) is 18.6. The van der Waals surface area contributed by atoms with E-state index in [4.69, 9.17) is 4.74 Å². The standard InChI is InChI=1S/C19H29N3O3/c1-3-21-12-13-22(19(21)24)16-8-10-20(11-9-16)14-18(23)15-4-6-17(25-2)7-5-15/h4-7,16,18,23H,3,8-14H2,1-2H3. The third kappa shape index (κ3) is 4.07. The van der Waals surface area contributed by atoms with Crippen LogP contribution in [-0.2, 0) is 0 Å². The van der Waals surface area contributed by atoms with Crippen LogP contribution in [0.5, 0.6) is 5.75 Å². The number of likely N-dealkylation sites (N-methyl/N-ethyl adjacent to an activating group) is 1. The van der Waals surface area contributed by atoms with Gasteiger partial charge in [-0.3, -0.25) is 0 Å². The SMILES string of the molecule is CCN1CCN(C2CCN(CC(O)c3ccc(OC)cc3)CC2)C1=O. The molecule has 1 unspecified atom stereocenters. The van der Waals surface area contributed by atoms with Crippen molar-refractivity contribution in [1.82, 2.24) is 14.7 Å². The van der Waals surface area contributed by atoms with E-state index in [9.17, 15) is 9.90 Å². The van der Waals surface area contributed by atoms with Crippen LogP contribution in [0.3, 0.4) is 0 Å². The van der Waals surface area contributed by atoms with Crippen LogP contribution in [0.1, 0.15) is 31.4 Å². The Morgan fingerprint density at radius 2 is 1.84 bits per heavy atom. The smallest absolute Gasteiger partial charge is 0.320 e. The summed E-state index contributed by atoms with van der Waals surface area (Å²) < 4.78 is 5.16. The summed E-state index contributed by atoms with van der Waals surface area (Å²) in [6.07, 6.45) is 1.48. The quantitative estimate of drug-likeness (QED) is 0.855. The molecule has 0 bridgehead atoms. The van der Waals surface area contributed by atoms with Gasteiger partial charge in [-0.25, -0.2) is 4.79 Å². The summed E-state index contributed by atoms with van der Waals surface area (Å²) in [5.74, 6) is 0.799. The number of aliphatic hydroxyl groups is 1. The first-order valence-corrected chi connectivity index (χ1v) is 9.22. The third-order valence-electron chi connectivity index (χ3n) is 5.44. The third-order valence-corrected chi connectivity index (χ3v) is 5.44. The molecule has 2 aliphatic heterocycles. The summed E-state index contributed by atoms with van der Waals surface area (Å²) >= 11 is 0. The molecule has 3 rings (SSSR count). The minimum Gasteiger partial charge on any atom is -0.497 e. The van der Waals surface area contributed by atoms with E-state index < -0.39 is 6.10 Å². The highest BCUT2D eigenvalue weighted by Gasteiger charge is 2.34. The van der Waals surface area contributed by atoms with E-state index in [0.717, 1.165) is 56.9 Å². The fourth-order valence-corrected chi connectivity index (χ4v) is 3.82. The van der Waals surface area contributed by atoms with Crippen molar-refractivity contribution in [3.05, 3.63) is 29.8 Å². The lowest BCUT2D eigenvalue weighted by molar-refractivity contribution is 0.0785. The first-order valence-electron chi connectivity index (χ1n) is 9.22. The van der Waals surface area contributed by atoms with Crippen LogP contribution >= 0.6 is 0 Å². The van der Waals surface area contributed by atoms with E-state index in [1.54, 1.807) is 7.11 Å². The van der Waals surface area contributed by atoms with Crippen LogP contribution in [0.25, 0.3) is 0 Å². The highest BCUT2D eigenvalue weighted by atomic mass is 16.5. The van der Waals surface area contributed by atoms with Gasteiger partial charge in [0.05, 0.1) is 13.2 Å². The van der Waals surface area contributed by atoms with Gasteiger partial charge in [-0.05, 0) is 37.5 Å². The number of carbonyl (C=O) groups excluding carboxylic acids is 1. The Morgan fingerprint density at radius 1 is 1.16 bits per heavy atom. The van der Waals surface area contributed by atoms with Gasteiger partial charge >= 0.3 is 6.03 Å². The number of hydrogen-bond donors (Lipinski definition) is 1. The Labute approximate surface area is 150 Å². The molecule has 25 heavy (non-hydrogen) atoms. The lowest BCUT2D eigenvalue weighted by Gasteiger charge is -2.37. The maximum Gasteiger partial charge on any atom is 0.320 e. The van der Waals surface area contributed by atoms with Gasteiger partial charge in [0.15, 0.2) is 0 Å². The van der Waals surface area contributed by atoms with Crippen molar-refractivity contribution in [2.45, 2.75) is 31.9 Å². The highest BCUT2D eigenvalue weighted by Crippen LogP contribution is 2.24. The number of piperidine rings is 1. The number of likely N-dealkylation sites (tertiary alicyclic amines) is 1. The van der Waals surface area contributed by atoms with Gasteiger partial charge in [-0.15, -0.1) is 0 Å². The Bertz CT molecular complexity index is 570. The van der Waals surface area contributed by atoms with Crippen molar-refractivity contribution < 1.29 is 14.6 Å². The van der Waals surface area contributed by atoms with Crippen LogP contribution in [-0.4, -0.2) is 78.3 Å². The summed E-state index contributed by atoms with van der Waals surface area (Å²) in [5.41, 5.74) is 0.913. The van der Waals surface area contributed by atoms with E-state index in [1.807, 2.05) is 41.0 Å². The predicted molar refractivity (Wildman–Crippen MR) is 96.8 cm³/mol. The lowest BCUT2D eigenvalue weighted by Crippen LogP contribution is -2.47. The number of aliphatic hydroxyl groups excluding tert-OH is 1. The average molecular weight is 347 g/mol. The van der Waals surface area contributed by atoms with Gasteiger partial charge in [0.2, 0.25) is 0 Å². The molecule has 0 aromatic heterocycles. The molecule has 2 saturated heterocycles. The average Bonchev–Trinajstić information content (AvgIpc) is 3.03. The fraction of sp³-hybridized carbons (Fsp3) is 0.632. The van der Waals surface area contributed by atoms with Gasteiger partial charge in [0, 0.05) is 45.3 Å². The number of rotatable bonds is 6. The molecule has 1 aromatic carbocycles. The number of benzene rings is 1. The van der Waals surface area contributed by atoms with Crippen molar-refractivity contribution in [3.63, 3.8) is 0 Å². The van der Waals surface area contributed by atoms with E-state index >= 15 is 0 Å². The molecule has 0 saturated carbocycles. The predicted octanol–water partition coefficient (Wildman–Crippen LogP) is 1.95. The van der Waals surface area contributed by atoms with E-state index in [0.29, 0.717) is 12.6 Å². The normalized spacial score (nSPS) is 21.0. The molecule has 1 N–H and O–H groups in total. The number of amides is 2. The number of nitrogens with zero attached hydrogens (tertiary/aromatic N) is 3. The first-order chi connectivity index (χ1) is 12.1. The highest BCUT2D eigenvalue weighted by molar-refractivity contribution is 5.76. The second kappa shape index (κ2) is 8.06. The summed E-state index contributed by atoms with van der Waals surface area (Å²) in [7, 11) is 1.64. The van der Waals surface area contributed by atoms with Gasteiger partial charge in [0.25, 0.3) is 0 Å². The van der Waals surface area contributed by atoms with Gasteiger partial charge in [0.1, 0.15) is 5.75 Å². The molecule has 2 amide bonds. The Morgan fingerprint density at radius 3 is 2.40 bits per heavy atom. The number of hydrogen-bond acceptors (Lipinski definition) is 4. The van der Waals surface area contributed by atoms with Crippen LogP contribution in [0, 0.1) is 0 Å². The molecule has 2 fully saturated rings. The van der Waals surface area contributed by atoms with Gasteiger partial charge in [-0.2, -0.15) is 0 Å². The number of ether oxygens (including phenoxy) is 1. The molecule has 0 aliphatic carbocycles. The van der Waals surface area contributed by atoms with Crippen LogP contribution in [0.15, 0.2) is 24.3 Å². The minimum atomic E-state index is -0.494. The lowest BCUT2D eigenvalue weighted by atomic mass is 10.0. The zero-order chi connectivity index (χ0) is 17.8. The van der Waals surface area contributed by atoms with Crippen molar-refractivity contribution in [2.75, 3.05) is 46.4 Å². The fourth-order valence-electron chi connectivity index (χ4n) is 3.82. The van der Waals surface area contributed by atoms with Crippen molar-refractivity contribution in [3.8, 4) is 5.75 Å². The molecular formula is C19H29N3O3. The monoisotopic (exact) mass is 347 g/mol. The zero-order valence-electron chi connectivity index (χ0n) is 15.2. The molecule has 1 atom stereocenters. The van der Waals surface area contributed by atoms with E-state index in [-0.39, 0.29) is 6.03 Å². The number of urea groups is 1. The molecule has 6 heteroatoms. The zero-order valence-corrected chi connectivity index (χ0v) is 15.2. The molecular weight excluding hydrogens is 318 g/mol. The number of β-amino-alcohol motifs (C(OH)–C–C–N with tert-alkyl or cyclic N) is 1. The maximum absolute atomic E-state index is 12.3. The summed E-state index contributed by atoms with van der Waals surface area (Å²) in [6.45, 7) is 7.01. The molecule has 6 nitrogen and oxygen atoms in total. The molecule has 1 aromatic rings. The van der Waals surface area contributed by atoms with Crippen LogP contribution < -0.4 is 4.74 Å². The number of methoxy groups -OCH3 is 1. The Kier molecular flexibility index (Phi) is 5.81. The molecule has 138 valence electrons. The van der Waals surface area contributed by atoms with Crippen molar-refractivity contribution in [1.29, 1.82) is 0 Å². The summed E-state index contributed by atoms with van der Waals surface area (Å²) in [5, 5.41) is 10.5. The number of carbonyl (C=O) groups is 1. The van der Waals surface area contributed by atoms with Crippen molar-refractivity contribution >= 4 is 6.03 Å². The maximum atomic E-state index is 12.3. The molecule has 2 aliphatic rings. The van der Waals surface area contributed by atoms with Gasteiger partial charge in [-0.1, -0.05) is 12.1 Å². The van der Waals surface area contributed by atoms with Gasteiger partial charge < -0.3 is 24.5 Å². The second-order valence-corrected chi connectivity index (χ2v) is 6.88. The summed E-state index contributed by atoms with van der Waals surface area (Å²) in [6, 6.07) is 8.13. The Balaban J connectivity index is 1.48. The first kappa shape index (κ1) is 18.0. The topological polar surface area (TPSA) is 56.3 Å². The second-order valence-electron chi connectivity index (χ2n) is 6.88. The molecule has 0 radical (unpaired) electrons.